The van der Waals surface area contributed by atoms with Crippen LogP contribution >= 0.6 is 11.1 Å². The van der Waals surface area contributed by atoms with E-state index in [1.165, 1.54) is 0 Å². The second-order valence-corrected chi connectivity index (χ2v) is 10.3. The highest BCUT2D eigenvalue weighted by atomic mass is 35.6. The molecule has 0 aliphatic carbocycles. The summed E-state index contributed by atoms with van der Waals surface area (Å²) in [6.45, 7) is 4.29. The molecule has 0 aliphatic rings. The van der Waals surface area contributed by atoms with Gasteiger partial charge in [-0.05, 0) is 0 Å². The van der Waals surface area contributed by atoms with Crippen LogP contribution in [0.15, 0.2) is 18.7 Å². The SMILES string of the molecule is C[n+]1ccn(C[Si](C)(C)Cl)c1. The summed E-state index contributed by atoms with van der Waals surface area (Å²) in [5.41, 5.74) is 0. The third kappa shape index (κ3) is 3.08. The maximum Gasteiger partial charge on any atom is 0.243 e. The van der Waals surface area contributed by atoms with E-state index < -0.39 is 7.38 Å². The Labute approximate surface area is 73.1 Å². The number of hydrogen-bond acceptors (Lipinski definition) is 0. The van der Waals surface area contributed by atoms with E-state index in [1.807, 2.05) is 17.8 Å². The molecule has 1 rings (SSSR count). The second kappa shape index (κ2) is 2.99. The third-order valence-corrected chi connectivity index (χ3v) is 2.86. The lowest BCUT2D eigenvalue weighted by Crippen LogP contribution is -2.28. The third-order valence-electron chi connectivity index (χ3n) is 1.38. The van der Waals surface area contributed by atoms with Crippen LogP contribution < -0.4 is 4.57 Å². The van der Waals surface area contributed by atoms with Crippen LogP contribution in [0.25, 0.3) is 0 Å². The van der Waals surface area contributed by atoms with Crippen LogP contribution in [0.5, 0.6) is 0 Å². The van der Waals surface area contributed by atoms with Gasteiger partial charge >= 0.3 is 0 Å². The van der Waals surface area contributed by atoms with Gasteiger partial charge in [0.15, 0.2) is 7.38 Å². The topological polar surface area (TPSA) is 8.81 Å². The number of halogens is 1. The standard InChI is InChI=1S/C7H14ClN2Si/c1-9-4-5-10(6-9)7-11(2,3)8/h4-6H,7H2,1-3H3/q+1. The lowest BCUT2D eigenvalue weighted by molar-refractivity contribution is -0.671. The number of rotatable bonds is 2. The average Bonchev–Trinajstić information content (AvgIpc) is 2.10. The van der Waals surface area contributed by atoms with Crippen molar-refractivity contribution >= 4 is 18.5 Å². The molecule has 0 aromatic carbocycles. The van der Waals surface area contributed by atoms with Crippen molar-refractivity contribution in [1.82, 2.24) is 4.57 Å². The van der Waals surface area contributed by atoms with Gasteiger partial charge in [0, 0.05) is 0 Å². The molecule has 0 N–H and O–H groups in total. The molecule has 11 heavy (non-hydrogen) atoms. The smallest absolute Gasteiger partial charge is 0.240 e. The van der Waals surface area contributed by atoms with Crippen LogP contribution in [-0.2, 0) is 13.2 Å². The number of hydrogen-bond donors (Lipinski definition) is 0. The quantitative estimate of drug-likeness (QED) is 0.377. The molecule has 1 heterocycles. The first-order valence-corrected chi connectivity index (χ1v) is 7.89. The molecule has 0 atom stereocenters. The van der Waals surface area contributed by atoms with Gasteiger partial charge in [0.05, 0.1) is 13.2 Å². The number of nitrogens with zero attached hydrogens (tertiary/aromatic N) is 2. The van der Waals surface area contributed by atoms with Gasteiger partial charge in [0.25, 0.3) is 0 Å². The Bertz CT molecular complexity index is 239. The maximum atomic E-state index is 6.19. The van der Waals surface area contributed by atoms with E-state index in [1.54, 1.807) is 0 Å². The molecule has 0 radical (unpaired) electrons. The summed E-state index contributed by atoms with van der Waals surface area (Å²) < 4.78 is 4.16. The van der Waals surface area contributed by atoms with Crippen molar-refractivity contribution in [1.29, 1.82) is 0 Å². The van der Waals surface area contributed by atoms with Crippen molar-refractivity contribution in [3.05, 3.63) is 18.7 Å². The minimum atomic E-state index is -1.46. The molecule has 0 amide bonds. The summed E-state index contributed by atoms with van der Waals surface area (Å²) in [4.78, 5) is 0. The molecule has 0 aliphatic heterocycles. The van der Waals surface area contributed by atoms with Crippen molar-refractivity contribution in [3.63, 3.8) is 0 Å². The molecule has 1 aromatic heterocycles. The van der Waals surface area contributed by atoms with Crippen LogP contribution in [-0.4, -0.2) is 12.0 Å². The highest BCUT2D eigenvalue weighted by Crippen LogP contribution is 2.09. The summed E-state index contributed by atoms with van der Waals surface area (Å²) in [7, 11) is 0.550. The van der Waals surface area contributed by atoms with E-state index in [-0.39, 0.29) is 0 Å². The Balaban J connectivity index is 2.65. The average molecular weight is 190 g/mol. The van der Waals surface area contributed by atoms with Crippen LogP contribution in [0.1, 0.15) is 0 Å². The van der Waals surface area contributed by atoms with Crippen molar-refractivity contribution < 1.29 is 4.57 Å². The van der Waals surface area contributed by atoms with Gasteiger partial charge in [0.2, 0.25) is 6.33 Å². The van der Waals surface area contributed by atoms with Gasteiger partial charge in [-0.1, -0.05) is 13.1 Å². The monoisotopic (exact) mass is 189 g/mol. The molecular formula is C7H14ClN2Si+. The molecule has 0 saturated heterocycles. The number of aryl methyl sites for hydroxylation is 1. The van der Waals surface area contributed by atoms with Gasteiger partial charge in [-0.25, -0.2) is 9.13 Å². The molecule has 0 saturated carbocycles. The molecule has 0 spiro atoms. The fourth-order valence-electron chi connectivity index (χ4n) is 1.03. The van der Waals surface area contributed by atoms with E-state index in [4.69, 9.17) is 11.1 Å². The zero-order valence-corrected chi connectivity index (χ0v) is 8.97. The predicted octanol–water partition coefficient (Wildman–Crippen LogP) is 1.30. The van der Waals surface area contributed by atoms with E-state index in [2.05, 4.69) is 30.2 Å². The van der Waals surface area contributed by atoms with Crippen LogP contribution in [0.3, 0.4) is 0 Å². The van der Waals surface area contributed by atoms with Crippen LogP contribution in [0, 0.1) is 0 Å². The van der Waals surface area contributed by atoms with Gasteiger partial charge in [-0.15, -0.1) is 0 Å². The first kappa shape index (κ1) is 8.81. The fourth-order valence-corrected chi connectivity index (χ4v) is 2.50. The van der Waals surface area contributed by atoms with Crippen molar-refractivity contribution in [3.8, 4) is 0 Å². The zero-order valence-electron chi connectivity index (χ0n) is 7.21. The lowest BCUT2D eigenvalue weighted by atomic mass is 10.9. The van der Waals surface area contributed by atoms with Gasteiger partial charge in [-0.3, -0.25) is 0 Å². The summed E-state index contributed by atoms with van der Waals surface area (Å²) in [5.74, 6) is 0. The van der Waals surface area contributed by atoms with E-state index >= 15 is 0 Å². The van der Waals surface area contributed by atoms with Crippen molar-refractivity contribution in [2.75, 3.05) is 0 Å². The number of aromatic nitrogens is 2. The summed E-state index contributed by atoms with van der Waals surface area (Å²) in [6.07, 6.45) is 7.11. The fraction of sp³-hybridized carbons (Fsp3) is 0.571. The zero-order chi connectivity index (χ0) is 8.48. The minimum absolute atomic E-state index is 0.982. The largest absolute Gasteiger partial charge is 0.243 e. The Morgan fingerprint density at radius 1 is 1.55 bits per heavy atom. The van der Waals surface area contributed by atoms with Gasteiger partial charge in [0.1, 0.15) is 12.4 Å². The minimum Gasteiger partial charge on any atom is -0.240 e. The summed E-state index contributed by atoms with van der Waals surface area (Å²) in [6, 6.07) is 0. The molecule has 4 heteroatoms. The highest BCUT2D eigenvalue weighted by molar-refractivity contribution is 7.18. The Morgan fingerprint density at radius 2 is 2.18 bits per heavy atom. The van der Waals surface area contributed by atoms with Crippen LogP contribution in [0.2, 0.25) is 13.1 Å². The number of imidazole rings is 1. The van der Waals surface area contributed by atoms with Crippen LogP contribution in [0.4, 0.5) is 0 Å². The van der Waals surface area contributed by atoms with Gasteiger partial charge < -0.3 is 0 Å². The Hall–Kier alpha value is -0.283. The highest BCUT2D eigenvalue weighted by Gasteiger charge is 2.20. The second-order valence-electron chi connectivity index (χ2n) is 3.47. The Morgan fingerprint density at radius 3 is 2.55 bits per heavy atom. The molecule has 1 aromatic rings. The molecule has 0 unspecified atom stereocenters. The van der Waals surface area contributed by atoms with Crippen molar-refractivity contribution in [2.45, 2.75) is 19.3 Å². The molecular weight excluding hydrogens is 176 g/mol. The molecule has 62 valence electrons. The summed E-state index contributed by atoms with van der Waals surface area (Å²) in [5, 5.41) is 0. The normalized spacial score (nSPS) is 12.0. The maximum absolute atomic E-state index is 6.19. The lowest BCUT2D eigenvalue weighted by Gasteiger charge is -2.08. The van der Waals surface area contributed by atoms with Crippen molar-refractivity contribution in [2.24, 2.45) is 7.05 Å². The molecule has 0 fully saturated rings. The first-order chi connectivity index (χ1) is 4.97. The predicted molar refractivity (Wildman–Crippen MR) is 48.9 cm³/mol. The van der Waals surface area contributed by atoms with Gasteiger partial charge in [-0.2, -0.15) is 11.1 Å². The van der Waals surface area contributed by atoms with E-state index in [9.17, 15) is 0 Å². The van der Waals surface area contributed by atoms with E-state index in [0.29, 0.717) is 0 Å². The molecule has 2 nitrogen and oxygen atoms in total. The summed E-state index contributed by atoms with van der Waals surface area (Å²) >= 11 is 6.19. The first-order valence-electron chi connectivity index (χ1n) is 3.67. The van der Waals surface area contributed by atoms with E-state index in [0.717, 1.165) is 6.17 Å². The molecule has 0 bridgehead atoms. The Kier molecular flexibility index (Phi) is 2.39.